The molecule has 2 unspecified atom stereocenters. The number of nitrogens with one attached hydrogen (secondary N) is 1. The molecule has 0 saturated heterocycles. The molecule has 1 aromatic rings. The smallest absolute Gasteiger partial charge is 0.252 e. The van der Waals surface area contributed by atoms with Crippen molar-refractivity contribution in [3.05, 3.63) is 35.1 Å². The van der Waals surface area contributed by atoms with Crippen LogP contribution < -0.4 is 11.1 Å². The van der Waals surface area contributed by atoms with E-state index in [2.05, 4.69) is 17.2 Å². The van der Waals surface area contributed by atoms with Crippen LogP contribution in [-0.4, -0.2) is 34.7 Å². The van der Waals surface area contributed by atoms with E-state index in [1.807, 2.05) is 0 Å². The SMILES string of the molecule is CC(CNC(=O)c1cc(F)ccc1C#CCN)S(C)=O. The van der Waals surface area contributed by atoms with Crippen molar-refractivity contribution in [1.82, 2.24) is 5.32 Å². The lowest BCUT2D eigenvalue weighted by Gasteiger charge is -2.11. The number of hydrogen-bond donors (Lipinski definition) is 2. The van der Waals surface area contributed by atoms with Crippen LogP contribution in [0.1, 0.15) is 22.8 Å². The molecule has 0 saturated carbocycles. The summed E-state index contributed by atoms with van der Waals surface area (Å²) < 4.78 is 24.5. The van der Waals surface area contributed by atoms with Crippen molar-refractivity contribution >= 4 is 16.7 Å². The number of hydrogen-bond acceptors (Lipinski definition) is 3. The molecule has 4 nitrogen and oxygen atoms in total. The van der Waals surface area contributed by atoms with E-state index in [0.717, 1.165) is 6.07 Å². The highest BCUT2D eigenvalue weighted by atomic mass is 32.2. The molecule has 3 N–H and O–H groups in total. The normalized spacial score (nSPS) is 13.0. The second-order valence-electron chi connectivity index (χ2n) is 4.22. The Morgan fingerprint density at radius 3 is 2.85 bits per heavy atom. The predicted octanol–water partition coefficient (Wildman–Crippen LogP) is 0.633. The summed E-state index contributed by atoms with van der Waals surface area (Å²) in [4.78, 5) is 12.0. The van der Waals surface area contributed by atoms with Gasteiger partial charge in [0.15, 0.2) is 0 Å². The second kappa shape index (κ2) is 7.78. The average molecular weight is 296 g/mol. The van der Waals surface area contributed by atoms with Crippen molar-refractivity contribution in [2.45, 2.75) is 12.2 Å². The van der Waals surface area contributed by atoms with E-state index in [9.17, 15) is 13.4 Å². The van der Waals surface area contributed by atoms with Crippen LogP contribution >= 0.6 is 0 Å². The van der Waals surface area contributed by atoms with Crippen LogP contribution in [0.25, 0.3) is 0 Å². The fourth-order valence-corrected chi connectivity index (χ4v) is 1.73. The van der Waals surface area contributed by atoms with E-state index in [4.69, 9.17) is 5.73 Å². The summed E-state index contributed by atoms with van der Waals surface area (Å²) in [6, 6.07) is 3.80. The molecule has 0 heterocycles. The highest BCUT2D eigenvalue weighted by Crippen LogP contribution is 2.10. The minimum absolute atomic E-state index is 0.153. The molecule has 6 heteroatoms. The molecule has 0 aliphatic heterocycles. The molecular formula is C14H17FN2O2S. The molecule has 0 aliphatic rings. The molecule has 2 atom stereocenters. The van der Waals surface area contributed by atoms with Crippen LogP contribution in [0.4, 0.5) is 4.39 Å². The van der Waals surface area contributed by atoms with Gasteiger partial charge < -0.3 is 11.1 Å². The molecule has 1 amide bonds. The molecule has 0 bridgehead atoms. The number of carbonyl (C=O) groups excluding carboxylic acids is 1. The van der Waals surface area contributed by atoms with Crippen LogP contribution in [-0.2, 0) is 10.8 Å². The fourth-order valence-electron chi connectivity index (χ4n) is 1.41. The first kappa shape index (κ1) is 16.3. The Labute approximate surface area is 120 Å². The lowest BCUT2D eigenvalue weighted by atomic mass is 10.1. The van der Waals surface area contributed by atoms with Gasteiger partial charge in [-0.15, -0.1) is 0 Å². The Morgan fingerprint density at radius 2 is 2.25 bits per heavy atom. The van der Waals surface area contributed by atoms with Gasteiger partial charge in [-0.2, -0.15) is 0 Å². The molecule has 108 valence electrons. The van der Waals surface area contributed by atoms with E-state index < -0.39 is 22.5 Å². The van der Waals surface area contributed by atoms with Gasteiger partial charge in [0, 0.05) is 34.4 Å². The summed E-state index contributed by atoms with van der Waals surface area (Å²) in [5.41, 5.74) is 5.85. The van der Waals surface area contributed by atoms with Crippen LogP contribution in [0.3, 0.4) is 0 Å². The lowest BCUT2D eigenvalue weighted by Crippen LogP contribution is -2.33. The first-order valence-electron chi connectivity index (χ1n) is 6.04. The van der Waals surface area contributed by atoms with Crippen molar-refractivity contribution in [2.24, 2.45) is 5.73 Å². The number of carbonyl (C=O) groups is 1. The van der Waals surface area contributed by atoms with E-state index in [1.165, 1.54) is 12.1 Å². The van der Waals surface area contributed by atoms with E-state index in [0.29, 0.717) is 5.56 Å². The standard InChI is InChI=1S/C14H17FN2O2S/c1-10(20(2)19)9-17-14(18)13-8-12(15)6-5-11(13)4-3-7-16/h5-6,8,10H,7,9,16H2,1-2H3,(H,17,18). The number of amides is 1. The van der Waals surface area contributed by atoms with Gasteiger partial charge in [-0.25, -0.2) is 4.39 Å². The van der Waals surface area contributed by atoms with Gasteiger partial charge >= 0.3 is 0 Å². The third-order valence-electron chi connectivity index (χ3n) is 2.67. The third kappa shape index (κ3) is 4.76. The maximum Gasteiger partial charge on any atom is 0.252 e. The van der Waals surface area contributed by atoms with Gasteiger partial charge in [0.05, 0.1) is 12.1 Å². The highest BCUT2D eigenvalue weighted by molar-refractivity contribution is 7.84. The van der Waals surface area contributed by atoms with Crippen LogP contribution in [0.2, 0.25) is 0 Å². The molecule has 1 aromatic carbocycles. The third-order valence-corrected chi connectivity index (χ3v) is 3.97. The summed E-state index contributed by atoms with van der Waals surface area (Å²) in [5, 5.41) is 2.45. The summed E-state index contributed by atoms with van der Waals surface area (Å²) in [6.45, 7) is 2.17. The Bertz CT molecular complexity index is 578. The number of nitrogens with two attached hydrogens (primary N) is 1. The minimum atomic E-state index is -1.03. The zero-order chi connectivity index (χ0) is 15.1. The van der Waals surface area contributed by atoms with Gasteiger partial charge in [0.1, 0.15) is 5.82 Å². The Balaban J connectivity index is 2.91. The molecule has 20 heavy (non-hydrogen) atoms. The van der Waals surface area contributed by atoms with Gasteiger partial charge in [0.2, 0.25) is 0 Å². The summed E-state index contributed by atoms with van der Waals surface area (Å²) >= 11 is 0. The molecule has 0 spiro atoms. The average Bonchev–Trinajstić information content (AvgIpc) is 2.42. The van der Waals surface area contributed by atoms with Gasteiger partial charge in [-0.1, -0.05) is 11.8 Å². The molecule has 0 aliphatic carbocycles. The Hall–Kier alpha value is -1.71. The van der Waals surface area contributed by atoms with E-state index in [1.54, 1.807) is 13.2 Å². The Kier molecular flexibility index (Phi) is 6.36. The fraction of sp³-hybridized carbons (Fsp3) is 0.357. The summed E-state index contributed by atoms with van der Waals surface area (Å²) in [7, 11) is -1.03. The van der Waals surface area contributed by atoms with Crippen molar-refractivity contribution in [3.8, 4) is 11.8 Å². The first-order valence-corrected chi connectivity index (χ1v) is 7.66. The van der Waals surface area contributed by atoms with Gasteiger partial charge in [-0.05, 0) is 25.1 Å². The van der Waals surface area contributed by atoms with Crippen molar-refractivity contribution in [2.75, 3.05) is 19.3 Å². The van der Waals surface area contributed by atoms with Crippen molar-refractivity contribution < 1.29 is 13.4 Å². The van der Waals surface area contributed by atoms with E-state index >= 15 is 0 Å². The molecule has 1 rings (SSSR count). The molecule has 0 fully saturated rings. The largest absolute Gasteiger partial charge is 0.351 e. The quantitative estimate of drug-likeness (QED) is 0.801. The van der Waals surface area contributed by atoms with Gasteiger partial charge in [0.25, 0.3) is 5.91 Å². The Morgan fingerprint density at radius 1 is 1.55 bits per heavy atom. The van der Waals surface area contributed by atoms with Crippen molar-refractivity contribution in [1.29, 1.82) is 0 Å². The number of benzene rings is 1. The molecule has 0 radical (unpaired) electrons. The number of halogens is 1. The van der Waals surface area contributed by atoms with Crippen LogP contribution in [0, 0.1) is 17.7 Å². The topological polar surface area (TPSA) is 72.2 Å². The zero-order valence-corrected chi connectivity index (χ0v) is 12.2. The highest BCUT2D eigenvalue weighted by Gasteiger charge is 2.13. The predicted molar refractivity (Wildman–Crippen MR) is 78.2 cm³/mol. The summed E-state index contributed by atoms with van der Waals surface area (Å²) in [6.07, 6.45) is 1.57. The van der Waals surface area contributed by atoms with Crippen molar-refractivity contribution in [3.63, 3.8) is 0 Å². The maximum atomic E-state index is 13.3. The second-order valence-corrected chi connectivity index (χ2v) is 6.02. The summed E-state index contributed by atoms with van der Waals surface area (Å²) in [5.74, 6) is 4.40. The molecule has 0 aromatic heterocycles. The van der Waals surface area contributed by atoms with Gasteiger partial charge in [-0.3, -0.25) is 9.00 Å². The molecular weight excluding hydrogens is 279 g/mol. The van der Waals surface area contributed by atoms with E-state index in [-0.39, 0.29) is 23.9 Å². The zero-order valence-electron chi connectivity index (χ0n) is 11.4. The lowest BCUT2D eigenvalue weighted by molar-refractivity contribution is 0.0953. The first-order chi connectivity index (χ1) is 9.45. The van der Waals surface area contributed by atoms with Crippen LogP contribution in [0.15, 0.2) is 18.2 Å². The van der Waals surface area contributed by atoms with Crippen LogP contribution in [0.5, 0.6) is 0 Å². The minimum Gasteiger partial charge on any atom is -0.351 e. The maximum absolute atomic E-state index is 13.3. The monoisotopic (exact) mass is 296 g/mol. The number of rotatable bonds is 4.